The van der Waals surface area contributed by atoms with Gasteiger partial charge in [-0.2, -0.15) is 0 Å². The number of carbonyl (C=O) groups excluding carboxylic acids is 1. The van der Waals surface area contributed by atoms with Crippen LogP contribution in [0.1, 0.15) is 67.9 Å². The molecule has 0 fully saturated rings. The van der Waals surface area contributed by atoms with Crippen molar-refractivity contribution in [3.63, 3.8) is 0 Å². The highest BCUT2D eigenvalue weighted by molar-refractivity contribution is 6.73. The summed E-state index contributed by atoms with van der Waals surface area (Å²) in [6.45, 7) is 19.7. The molecule has 0 aliphatic carbocycles. The second-order valence-electron chi connectivity index (χ2n) is 11.0. The number of benzene rings is 1. The first-order valence-electron chi connectivity index (χ1n) is 13.1. The first-order valence-corrected chi connectivity index (χ1v) is 15.6. The standard InChI is InChI=1S/C28H50O5Si/c1-10-34(11-2,12-3)33-26(22(5)18-31-20-24-16-14-13-15-17-24)23(6)25(29)21(4)19-32-27(30)28(7,8)9/h13-17,21-23,25-26,29H,10-12,18-20H2,1-9H3/t21-,22-,23-,25-,26-/m0/s1. The molecule has 0 aliphatic heterocycles. The van der Waals surface area contributed by atoms with Crippen molar-refractivity contribution in [2.45, 2.75) is 99.3 Å². The van der Waals surface area contributed by atoms with Gasteiger partial charge in [0.05, 0.1) is 37.4 Å². The number of carbonyl (C=O) groups is 1. The SMILES string of the molecule is CC[Si](CC)(CC)O[C@H]([C@@H](C)[C@@H](O)[C@@H](C)COC(=O)C(C)(C)C)[C@@H](C)COCc1ccccc1. The molecule has 0 spiro atoms. The van der Waals surface area contributed by atoms with Crippen molar-refractivity contribution >= 4 is 14.3 Å². The minimum absolute atomic E-state index is 0.116. The fourth-order valence-electron chi connectivity index (χ4n) is 4.30. The van der Waals surface area contributed by atoms with Crippen molar-refractivity contribution in [2.75, 3.05) is 13.2 Å². The first-order chi connectivity index (χ1) is 15.9. The number of aliphatic hydroxyl groups excluding tert-OH is 1. The molecule has 5 nitrogen and oxygen atoms in total. The third-order valence-electron chi connectivity index (χ3n) is 7.10. The largest absolute Gasteiger partial charge is 0.465 e. The summed E-state index contributed by atoms with van der Waals surface area (Å²) in [6, 6.07) is 13.3. The van der Waals surface area contributed by atoms with Crippen LogP contribution >= 0.6 is 0 Å². The minimum atomic E-state index is -1.90. The van der Waals surface area contributed by atoms with Gasteiger partial charge in [-0.25, -0.2) is 0 Å². The number of ether oxygens (including phenoxy) is 2. The summed E-state index contributed by atoms with van der Waals surface area (Å²) in [7, 11) is -1.90. The van der Waals surface area contributed by atoms with E-state index in [0.29, 0.717) is 13.2 Å². The van der Waals surface area contributed by atoms with Crippen LogP contribution in [0, 0.1) is 23.2 Å². The van der Waals surface area contributed by atoms with Gasteiger partial charge in [-0.15, -0.1) is 0 Å². The fraction of sp³-hybridized carbons (Fsp3) is 0.750. The van der Waals surface area contributed by atoms with E-state index >= 15 is 0 Å². The van der Waals surface area contributed by atoms with Gasteiger partial charge in [-0.05, 0) is 44.5 Å². The van der Waals surface area contributed by atoms with Crippen LogP contribution in [0.4, 0.5) is 0 Å². The number of hydrogen-bond donors (Lipinski definition) is 1. The van der Waals surface area contributed by atoms with Gasteiger partial charge in [0.25, 0.3) is 0 Å². The summed E-state index contributed by atoms with van der Waals surface area (Å²) >= 11 is 0. The van der Waals surface area contributed by atoms with Crippen LogP contribution in [-0.4, -0.2) is 44.8 Å². The highest BCUT2D eigenvalue weighted by atomic mass is 28.4. The molecule has 0 saturated carbocycles. The van der Waals surface area contributed by atoms with E-state index in [4.69, 9.17) is 13.9 Å². The molecule has 0 heterocycles. The number of hydrogen-bond acceptors (Lipinski definition) is 5. The van der Waals surface area contributed by atoms with Gasteiger partial charge in [0.1, 0.15) is 0 Å². The molecule has 0 radical (unpaired) electrons. The molecule has 6 heteroatoms. The van der Waals surface area contributed by atoms with Crippen molar-refractivity contribution in [3.05, 3.63) is 35.9 Å². The molecule has 1 aromatic rings. The van der Waals surface area contributed by atoms with Gasteiger partial charge in [0.2, 0.25) is 0 Å². The van der Waals surface area contributed by atoms with E-state index in [0.717, 1.165) is 23.7 Å². The van der Waals surface area contributed by atoms with Gasteiger partial charge in [-0.3, -0.25) is 4.79 Å². The fourth-order valence-corrected chi connectivity index (χ4v) is 7.32. The van der Waals surface area contributed by atoms with Crippen molar-refractivity contribution in [2.24, 2.45) is 23.2 Å². The summed E-state index contributed by atoms with van der Waals surface area (Å²) in [6.07, 6.45) is -0.773. The molecule has 0 bridgehead atoms. The predicted molar refractivity (Wildman–Crippen MR) is 142 cm³/mol. The maximum Gasteiger partial charge on any atom is 0.311 e. The average Bonchev–Trinajstić information content (AvgIpc) is 2.82. The molecule has 1 aromatic carbocycles. The third-order valence-corrected chi connectivity index (χ3v) is 11.7. The zero-order chi connectivity index (χ0) is 25.9. The molecule has 0 aliphatic rings. The first kappa shape index (κ1) is 30.8. The van der Waals surface area contributed by atoms with E-state index < -0.39 is 19.8 Å². The topological polar surface area (TPSA) is 65.0 Å². The summed E-state index contributed by atoms with van der Waals surface area (Å²) in [4.78, 5) is 12.2. The second kappa shape index (κ2) is 14.4. The third kappa shape index (κ3) is 9.44. The molecular formula is C28H50O5Si. The van der Waals surface area contributed by atoms with E-state index in [1.54, 1.807) is 0 Å². The lowest BCUT2D eigenvalue weighted by Gasteiger charge is -2.41. The molecule has 34 heavy (non-hydrogen) atoms. The smallest absolute Gasteiger partial charge is 0.311 e. The molecule has 196 valence electrons. The van der Waals surface area contributed by atoms with Gasteiger partial charge in [0.15, 0.2) is 8.32 Å². The van der Waals surface area contributed by atoms with Crippen molar-refractivity contribution in [3.8, 4) is 0 Å². The molecule has 0 amide bonds. The van der Waals surface area contributed by atoms with Crippen LogP contribution < -0.4 is 0 Å². The summed E-state index contributed by atoms with van der Waals surface area (Å²) in [5.74, 6) is -0.431. The predicted octanol–water partition coefficient (Wildman–Crippen LogP) is 6.45. The Morgan fingerprint density at radius 2 is 1.50 bits per heavy atom. The van der Waals surface area contributed by atoms with E-state index in [2.05, 4.69) is 46.8 Å². The molecule has 5 atom stereocenters. The molecule has 1 rings (SSSR count). The number of rotatable bonds is 15. The lowest BCUT2D eigenvalue weighted by molar-refractivity contribution is -0.156. The lowest BCUT2D eigenvalue weighted by Crippen LogP contribution is -2.49. The Morgan fingerprint density at radius 3 is 2.00 bits per heavy atom. The highest BCUT2D eigenvalue weighted by Gasteiger charge is 2.39. The van der Waals surface area contributed by atoms with E-state index in [1.807, 2.05) is 45.9 Å². The Kier molecular flexibility index (Phi) is 13.0. The number of aliphatic hydroxyl groups is 1. The monoisotopic (exact) mass is 494 g/mol. The van der Waals surface area contributed by atoms with Crippen molar-refractivity contribution in [1.29, 1.82) is 0 Å². The van der Waals surface area contributed by atoms with Gasteiger partial charge >= 0.3 is 5.97 Å². The Bertz CT molecular complexity index is 690. The van der Waals surface area contributed by atoms with Crippen LogP contribution in [0.25, 0.3) is 0 Å². The number of esters is 1. The van der Waals surface area contributed by atoms with Crippen LogP contribution in [0.2, 0.25) is 18.1 Å². The van der Waals surface area contributed by atoms with Crippen molar-refractivity contribution < 1.29 is 23.8 Å². The summed E-state index contributed by atoms with van der Waals surface area (Å²) in [5, 5.41) is 11.2. The molecule has 0 unspecified atom stereocenters. The minimum Gasteiger partial charge on any atom is -0.465 e. The zero-order valence-electron chi connectivity index (χ0n) is 23.1. The highest BCUT2D eigenvalue weighted by Crippen LogP contribution is 2.32. The molecule has 0 saturated heterocycles. The van der Waals surface area contributed by atoms with E-state index in [-0.39, 0.29) is 36.4 Å². The van der Waals surface area contributed by atoms with Crippen LogP contribution in [0.5, 0.6) is 0 Å². The summed E-state index contributed by atoms with van der Waals surface area (Å²) < 4.78 is 18.5. The quantitative estimate of drug-likeness (QED) is 0.224. The molecular weight excluding hydrogens is 444 g/mol. The van der Waals surface area contributed by atoms with E-state index in [9.17, 15) is 9.90 Å². The lowest BCUT2D eigenvalue weighted by atomic mass is 9.84. The second-order valence-corrected chi connectivity index (χ2v) is 15.7. The Hall–Kier alpha value is -1.21. The van der Waals surface area contributed by atoms with Crippen LogP contribution in [-0.2, 0) is 25.3 Å². The zero-order valence-corrected chi connectivity index (χ0v) is 24.1. The normalized spacial score (nSPS) is 17.0. The molecule has 0 aromatic heterocycles. The Labute approximate surface area is 209 Å². The maximum absolute atomic E-state index is 12.2. The Morgan fingerprint density at radius 1 is 0.941 bits per heavy atom. The summed E-state index contributed by atoms with van der Waals surface area (Å²) in [5.41, 5.74) is 0.593. The van der Waals surface area contributed by atoms with Crippen LogP contribution in [0.3, 0.4) is 0 Å². The van der Waals surface area contributed by atoms with Gasteiger partial charge in [0, 0.05) is 17.8 Å². The van der Waals surface area contributed by atoms with Gasteiger partial charge < -0.3 is 19.0 Å². The maximum atomic E-state index is 12.2. The van der Waals surface area contributed by atoms with Crippen molar-refractivity contribution in [1.82, 2.24) is 0 Å². The van der Waals surface area contributed by atoms with Gasteiger partial charge in [-0.1, -0.05) is 71.9 Å². The van der Waals surface area contributed by atoms with E-state index in [1.165, 1.54) is 0 Å². The molecule has 1 N–H and O–H groups in total. The Balaban J connectivity index is 2.92. The van der Waals surface area contributed by atoms with Crippen LogP contribution in [0.15, 0.2) is 30.3 Å². The average molecular weight is 495 g/mol.